The largest absolute Gasteiger partial charge is 0.465 e. The average molecular weight is 403 g/mol. The number of anilines is 2. The highest BCUT2D eigenvalue weighted by Crippen LogP contribution is 2.31. The molecule has 0 spiro atoms. The van der Waals surface area contributed by atoms with Crippen LogP contribution in [0.1, 0.15) is 22.5 Å². The van der Waals surface area contributed by atoms with Gasteiger partial charge in [-0.2, -0.15) is 0 Å². The zero-order chi connectivity index (χ0) is 18.8. The maximum absolute atomic E-state index is 12.8. The van der Waals surface area contributed by atoms with Crippen LogP contribution in [0.15, 0.2) is 29.8 Å². The molecule has 0 radical (unpaired) electrons. The molecule has 1 aliphatic rings. The van der Waals surface area contributed by atoms with Crippen LogP contribution in [0.2, 0.25) is 0 Å². The van der Waals surface area contributed by atoms with Crippen molar-refractivity contribution in [3.05, 3.63) is 34.7 Å². The number of thiazole rings is 1. The topological polar surface area (TPSA) is 84.4 Å². The minimum Gasteiger partial charge on any atom is -0.465 e. The predicted molar refractivity (Wildman–Crippen MR) is 107 cm³/mol. The molecule has 4 heterocycles. The number of nitrogens with zero attached hydrogens (tertiary/aromatic N) is 3. The van der Waals surface area contributed by atoms with Crippen LogP contribution in [0.4, 0.5) is 10.8 Å². The van der Waals surface area contributed by atoms with E-state index in [0.717, 1.165) is 34.9 Å². The third-order valence-corrected chi connectivity index (χ3v) is 6.45. The van der Waals surface area contributed by atoms with E-state index in [2.05, 4.69) is 20.2 Å². The van der Waals surface area contributed by atoms with E-state index in [1.54, 1.807) is 29.0 Å². The second-order valence-corrected chi connectivity index (χ2v) is 8.13. The Morgan fingerprint density at radius 2 is 2.26 bits per heavy atom. The van der Waals surface area contributed by atoms with Crippen LogP contribution in [-0.4, -0.2) is 42.0 Å². The van der Waals surface area contributed by atoms with E-state index in [0.29, 0.717) is 17.1 Å². The molecule has 1 unspecified atom stereocenters. The smallest absolute Gasteiger partial charge is 0.350 e. The summed E-state index contributed by atoms with van der Waals surface area (Å²) in [5.41, 5.74) is 1.39. The molecular weight excluding hydrogens is 384 g/mol. The molecule has 0 saturated carbocycles. The lowest BCUT2D eigenvalue weighted by molar-refractivity contribution is -0.120. The second kappa shape index (κ2) is 7.61. The molecule has 140 valence electrons. The summed E-state index contributed by atoms with van der Waals surface area (Å²) in [6.45, 7) is 1.47. The molecule has 3 aromatic rings. The number of fused-ring (bicyclic) bond motifs is 1. The summed E-state index contributed by atoms with van der Waals surface area (Å²) in [7, 11) is 1.33. The number of methoxy groups -OCH3 is 1. The van der Waals surface area contributed by atoms with Crippen LogP contribution in [-0.2, 0) is 9.53 Å². The first-order valence-corrected chi connectivity index (χ1v) is 10.3. The lowest BCUT2D eigenvalue weighted by Crippen LogP contribution is -2.40. The van der Waals surface area contributed by atoms with Crippen LogP contribution >= 0.6 is 22.7 Å². The van der Waals surface area contributed by atoms with Gasteiger partial charge < -0.3 is 15.0 Å². The highest BCUT2D eigenvalue weighted by atomic mass is 32.1. The zero-order valence-corrected chi connectivity index (χ0v) is 16.3. The van der Waals surface area contributed by atoms with Crippen molar-refractivity contribution >= 4 is 55.7 Å². The van der Waals surface area contributed by atoms with Crippen molar-refractivity contribution in [2.75, 3.05) is 30.4 Å². The van der Waals surface area contributed by atoms with Crippen LogP contribution in [0.5, 0.6) is 0 Å². The molecule has 1 N–H and O–H groups in total. The minimum absolute atomic E-state index is 0.0810. The number of ether oxygens (including phenoxy) is 1. The summed E-state index contributed by atoms with van der Waals surface area (Å²) in [6.07, 6.45) is 3.48. The van der Waals surface area contributed by atoms with Crippen LogP contribution in [0.25, 0.3) is 10.3 Å². The van der Waals surface area contributed by atoms with Crippen molar-refractivity contribution in [2.45, 2.75) is 12.8 Å². The van der Waals surface area contributed by atoms with Gasteiger partial charge in [-0.25, -0.2) is 14.8 Å². The van der Waals surface area contributed by atoms with E-state index in [1.807, 2.05) is 12.1 Å². The second-order valence-electron chi connectivity index (χ2n) is 6.25. The molecule has 7 nitrogen and oxygen atoms in total. The highest BCUT2D eigenvalue weighted by molar-refractivity contribution is 7.21. The number of esters is 1. The van der Waals surface area contributed by atoms with Gasteiger partial charge in [-0.15, -0.1) is 11.3 Å². The molecule has 3 aromatic heterocycles. The molecule has 27 heavy (non-hydrogen) atoms. The lowest BCUT2D eigenvalue weighted by atomic mass is 9.97. The molecular formula is C18H18N4O3S2. The number of hydrogen-bond donors (Lipinski definition) is 1. The number of rotatable bonds is 4. The number of amides is 1. The van der Waals surface area contributed by atoms with E-state index < -0.39 is 5.97 Å². The van der Waals surface area contributed by atoms with Gasteiger partial charge in [-0.05, 0) is 36.4 Å². The number of carbonyl (C=O) groups is 2. The third-order valence-electron chi connectivity index (χ3n) is 4.51. The number of thiophene rings is 1. The fraction of sp³-hybridized carbons (Fsp3) is 0.333. The first-order valence-electron chi connectivity index (χ1n) is 8.59. The van der Waals surface area contributed by atoms with Crippen LogP contribution < -0.4 is 10.2 Å². The fourth-order valence-electron chi connectivity index (χ4n) is 3.15. The highest BCUT2D eigenvalue weighted by Gasteiger charge is 2.28. The Labute approximate surface area is 164 Å². The molecule has 1 aliphatic heterocycles. The summed E-state index contributed by atoms with van der Waals surface area (Å²) >= 11 is 2.80. The number of carbonyl (C=O) groups excluding carboxylic acids is 2. The molecule has 1 saturated heterocycles. The van der Waals surface area contributed by atoms with Gasteiger partial charge in [0.25, 0.3) is 0 Å². The molecule has 0 aliphatic carbocycles. The maximum Gasteiger partial charge on any atom is 0.350 e. The van der Waals surface area contributed by atoms with Gasteiger partial charge in [-0.1, -0.05) is 11.3 Å². The molecule has 1 fully saturated rings. The third kappa shape index (κ3) is 3.65. The quantitative estimate of drug-likeness (QED) is 0.674. The van der Waals surface area contributed by atoms with Gasteiger partial charge in [0.05, 0.1) is 18.7 Å². The molecule has 0 aromatic carbocycles. The Morgan fingerprint density at radius 3 is 3.07 bits per heavy atom. The monoisotopic (exact) mass is 402 g/mol. The van der Waals surface area contributed by atoms with Gasteiger partial charge in [0, 0.05) is 19.3 Å². The number of pyridine rings is 1. The van der Waals surface area contributed by atoms with E-state index in [1.165, 1.54) is 18.4 Å². The Bertz CT molecular complexity index is 951. The van der Waals surface area contributed by atoms with Crippen molar-refractivity contribution in [1.29, 1.82) is 0 Å². The zero-order valence-electron chi connectivity index (χ0n) is 14.7. The number of hydrogen-bond acceptors (Lipinski definition) is 8. The molecule has 0 bridgehead atoms. The molecule has 1 atom stereocenters. The average Bonchev–Trinajstić information content (AvgIpc) is 3.34. The predicted octanol–water partition coefficient (Wildman–Crippen LogP) is 3.39. The van der Waals surface area contributed by atoms with Crippen molar-refractivity contribution in [1.82, 2.24) is 9.97 Å². The maximum atomic E-state index is 12.8. The molecule has 4 rings (SSSR count). The number of piperidine rings is 1. The van der Waals surface area contributed by atoms with Crippen molar-refractivity contribution < 1.29 is 14.3 Å². The van der Waals surface area contributed by atoms with Gasteiger partial charge in [0.1, 0.15) is 15.2 Å². The minimum atomic E-state index is -0.437. The van der Waals surface area contributed by atoms with Gasteiger partial charge in [0.2, 0.25) is 5.91 Å². The fourth-order valence-corrected chi connectivity index (χ4v) is 4.86. The summed E-state index contributed by atoms with van der Waals surface area (Å²) in [5, 5.41) is 5.55. The lowest BCUT2D eigenvalue weighted by Gasteiger charge is -2.31. The SMILES string of the molecule is COC(=O)c1sccc1NC(=O)C1CCCN(c2nc3cccnc3s2)C1. The Hall–Kier alpha value is -2.52. The van der Waals surface area contributed by atoms with Crippen LogP contribution in [0, 0.1) is 5.92 Å². The Balaban J connectivity index is 1.47. The van der Waals surface area contributed by atoms with E-state index in [4.69, 9.17) is 4.74 Å². The Morgan fingerprint density at radius 1 is 1.37 bits per heavy atom. The summed E-state index contributed by atoms with van der Waals surface area (Å²) in [5.74, 6) is -0.681. The first-order chi connectivity index (χ1) is 13.2. The number of nitrogens with one attached hydrogen (secondary N) is 1. The summed E-state index contributed by atoms with van der Waals surface area (Å²) in [4.78, 5) is 37.0. The summed E-state index contributed by atoms with van der Waals surface area (Å²) in [6, 6.07) is 5.55. The van der Waals surface area contributed by atoms with Gasteiger partial charge >= 0.3 is 5.97 Å². The number of aromatic nitrogens is 2. The van der Waals surface area contributed by atoms with E-state index in [9.17, 15) is 9.59 Å². The van der Waals surface area contributed by atoms with Crippen LogP contribution in [0.3, 0.4) is 0 Å². The normalized spacial score (nSPS) is 17.1. The standard InChI is InChI=1S/C18H18N4O3S2/c1-25-17(24)14-12(6-9-26-14)20-15(23)11-4-3-8-22(10-11)18-21-13-5-2-7-19-16(13)27-18/h2,5-7,9,11H,3-4,8,10H2,1H3,(H,20,23). The summed E-state index contributed by atoms with van der Waals surface area (Å²) < 4.78 is 4.77. The van der Waals surface area contributed by atoms with Gasteiger partial charge in [0.15, 0.2) is 5.13 Å². The van der Waals surface area contributed by atoms with Crippen molar-refractivity contribution in [2.24, 2.45) is 5.92 Å². The van der Waals surface area contributed by atoms with Crippen molar-refractivity contribution in [3.63, 3.8) is 0 Å². The van der Waals surface area contributed by atoms with Gasteiger partial charge in [-0.3, -0.25) is 4.79 Å². The van der Waals surface area contributed by atoms with E-state index >= 15 is 0 Å². The van der Waals surface area contributed by atoms with Crippen molar-refractivity contribution in [3.8, 4) is 0 Å². The Kier molecular flexibility index (Phi) is 5.04. The van der Waals surface area contributed by atoms with E-state index in [-0.39, 0.29) is 11.8 Å². The molecule has 1 amide bonds. The molecule has 9 heteroatoms. The first kappa shape index (κ1) is 17.9.